The van der Waals surface area contributed by atoms with Crippen LogP contribution in [0.4, 0.5) is 0 Å². The fourth-order valence-corrected chi connectivity index (χ4v) is 5.14. The molecule has 2 aromatic carbocycles. The molecule has 5 rings (SSSR count). The molecule has 1 aromatic heterocycles. The number of ether oxygens (including phenoxy) is 5. The van der Waals surface area contributed by atoms with Crippen molar-refractivity contribution in [2.75, 3.05) is 20.3 Å². The zero-order valence-corrected chi connectivity index (χ0v) is 23.4. The molecule has 0 spiro atoms. The quantitative estimate of drug-likeness (QED) is 0.123. The smallest absolute Gasteiger partial charge is 0.239 e. The first-order chi connectivity index (χ1) is 21.4. The van der Waals surface area contributed by atoms with Crippen molar-refractivity contribution in [2.24, 2.45) is 0 Å². The van der Waals surface area contributed by atoms with Gasteiger partial charge in [0.2, 0.25) is 17.5 Å². The molecular weight excluding hydrogens is 608 g/mol. The number of aliphatic hydroxyl groups is 7. The number of hydrogen-bond acceptors (Lipinski definition) is 17. The second kappa shape index (κ2) is 12.9. The predicted octanol–water partition coefficient (Wildman–Crippen LogP) is -2.41. The predicted molar refractivity (Wildman–Crippen MR) is 146 cm³/mol. The number of rotatable bonds is 8. The molecule has 2 aliphatic rings. The number of phenols is 3. The Labute approximate surface area is 252 Å². The van der Waals surface area contributed by atoms with Gasteiger partial charge in [-0.3, -0.25) is 4.79 Å². The Balaban J connectivity index is 1.62. The lowest BCUT2D eigenvalue weighted by Crippen LogP contribution is -2.65. The highest BCUT2D eigenvalue weighted by molar-refractivity contribution is 5.88. The molecular formula is C28H32O17. The number of aliphatic hydroxyl groups excluding tert-OH is 7. The van der Waals surface area contributed by atoms with Crippen LogP contribution < -0.4 is 14.9 Å². The molecule has 5 unspecified atom stereocenters. The van der Waals surface area contributed by atoms with Crippen LogP contribution in [0.15, 0.2) is 39.5 Å². The topological polar surface area (TPSA) is 279 Å². The van der Waals surface area contributed by atoms with Gasteiger partial charge in [0.15, 0.2) is 29.7 Å². The van der Waals surface area contributed by atoms with Crippen LogP contribution in [0.2, 0.25) is 0 Å². The van der Waals surface area contributed by atoms with Gasteiger partial charge in [0, 0.05) is 17.7 Å². The summed E-state index contributed by atoms with van der Waals surface area (Å²) in [5, 5.41) is 102. The van der Waals surface area contributed by atoms with Crippen LogP contribution in [-0.2, 0) is 14.2 Å². The monoisotopic (exact) mass is 640 g/mol. The molecule has 0 bridgehead atoms. The van der Waals surface area contributed by atoms with Gasteiger partial charge in [-0.15, -0.1) is 0 Å². The molecule has 2 saturated heterocycles. The molecule has 2 aliphatic heterocycles. The normalized spacial score (nSPS) is 32.0. The van der Waals surface area contributed by atoms with Crippen molar-refractivity contribution in [2.45, 2.75) is 61.4 Å². The van der Waals surface area contributed by atoms with E-state index >= 15 is 0 Å². The summed E-state index contributed by atoms with van der Waals surface area (Å²) in [5.41, 5.74) is -1.31. The van der Waals surface area contributed by atoms with Crippen LogP contribution in [0, 0.1) is 0 Å². The highest BCUT2D eigenvalue weighted by atomic mass is 16.8. The first kappa shape index (κ1) is 32.6. The van der Waals surface area contributed by atoms with Crippen molar-refractivity contribution in [1.82, 2.24) is 0 Å². The van der Waals surface area contributed by atoms with E-state index in [-0.39, 0.29) is 28.4 Å². The van der Waals surface area contributed by atoms with Gasteiger partial charge in [-0.05, 0) is 18.2 Å². The Kier molecular flexibility index (Phi) is 9.38. The SMILES string of the molecule is COc1ccc(-c2oc3cc(O)cc(O)c3c(=O)c2O[C@@H]2OC(CO)[C@H](O)C(O)C2O[C@@H]2OC(CO)[C@@H](O)C(O)[C@H]2O)cc1O. The van der Waals surface area contributed by atoms with Crippen molar-refractivity contribution in [3.63, 3.8) is 0 Å². The van der Waals surface area contributed by atoms with E-state index in [1.165, 1.54) is 19.2 Å². The third kappa shape index (κ3) is 5.98. The van der Waals surface area contributed by atoms with E-state index in [1.807, 2.05) is 0 Å². The van der Waals surface area contributed by atoms with E-state index in [9.17, 15) is 55.9 Å². The van der Waals surface area contributed by atoms with E-state index in [0.29, 0.717) is 0 Å². The number of methoxy groups -OCH3 is 1. The molecule has 0 radical (unpaired) electrons. The minimum Gasteiger partial charge on any atom is -0.508 e. The van der Waals surface area contributed by atoms with Crippen molar-refractivity contribution in [1.29, 1.82) is 0 Å². The fraction of sp³-hybridized carbons (Fsp3) is 0.464. The maximum atomic E-state index is 13.8. The minimum absolute atomic E-state index is 0.0200. The van der Waals surface area contributed by atoms with Gasteiger partial charge in [-0.1, -0.05) is 0 Å². The van der Waals surface area contributed by atoms with Gasteiger partial charge in [0.25, 0.3) is 0 Å². The van der Waals surface area contributed by atoms with Gasteiger partial charge in [0.1, 0.15) is 65.2 Å². The van der Waals surface area contributed by atoms with Crippen LogP contribution in [0.1, 0.15) is 0 Å². The molecule has 10 atom stereocenters. The summed E-state index contributed by atoms with van der Waals surface area (Å²) >= 11 is 0. The maximum Gasteiger partial charge on any atom is 0.239 e. The second-order valence-corrected chi connectivity index (χ2v) is 10.4. The number of hydrogen-bond donors (Lipinski definition) is 10. The van der Waals surface area contributed by atoms with Gasteiger partial charge in [0.05, 0.1) is 20.3 Å². The lowest BCUT2D eigenvalue weighted by Gasteiger charge is -2.45. The number of phenolic OH excluding ortho intramolecular Hbond substituents is 3. The summed E-state index contributed by atoms with van der Waals surface area (Å²) in [4.78, 5) is 13.8. The van der Waals surface area contributed by atoms with Crippen molar-refractivity contribution >= 4 is 11.0 Å². The van der Waals surface area contributed by atoms with E-state index in [2.05, 4.69) is 0 Å². The summed E-state index contributed by atoms with van der Waals surface area (Å²) in [7, 11) is 1.30. The molecule has 10 N–H and O–H groups in total. The first-order valence-corrected chi connectivity index (χ1v) is 13.5. The Bertz CT molecular complexity index is 1570. The second-order valence-electron chi connectivity index (χ2n) is 10.4. The largest absolute Gasteiger partial charge is 0.508 e. The molecule has 17 nitrogen and oxygen atoms in total. The van der Waals surface area contributed by atoms with Crippen LogP contribution >= 0.6 is 0 Å². The number of fused-ring (bicyclic) bond motifs is 1. The molecule has 3 heterocycles. The summed E-state index contributed by atoms with van der Waals surface area (Å²) in [6.07, 6.45) is -17.9. The summed E-state index contributed by atoms with van der Waals surface area (Å²) < 4.78 is 33.4. The summed E-state index contributed by atoms with van der Waals surface area (Å²) in [5.74, 6) is -2.54. The Morgan fingerprint density at radius 1 is 0.778 bits per heavy atom. The third-order valence-corrected chi connectivity index (χ3v) is 7.56. The Morgan fingerprint density at radius 2 is 1.42 bits per heavy atom. The molecule has 3 aromatic rings. The third-order valence-electron chi connectivity index (χ3n) is 7.56. The molecule has 2 fully saturated rings. The molecule has 246 valence electrons. The first-order valence-electron chi connectivity index (χ1n) is 13.5. The Hall–Kier alpha value is -3.75. The van der Waals surface area contributed by atoms with Crippen LogP contribution in [0.3, 0.4) is 0 Å². The van der Waals surface area contributed by atoms with E-state index < -0.39 is 103 Å². The maximum absolute atomic E-state index is 13.8. The van der Waals surface area contributed by atoms with Gasteiger partial charge in [-0.25, -0.2) is 0 Å². The van der Waals surface area contributed by atoms with Crippen molar-refractivity contribution in [3.05, 3.63) is 40.6 Å². The van der Waals surface area contributed by atoms with Crippen LogP contribution in [0.25, 0.3) is 22.3 Å². The van der Waals surface area contributed by atoms with E-state index in [4.69, 9.17) is 28.1 Å². The minimum atomic E-state index is -1.96. The Morgan fingerprint density at radius 3 is 2.04 bits per heavy atom. The van der Waals surface area contributed by atoms with Crippen molar-refractivity contribution < 1.29 is 79.2 Å². The van der Waals surface area contributed by atoms with Gasteiger partial charge >= 0.3 is 0 Å². The number of benzene rings is 2. The highest BCUT2D eigenvalue weighted by Crippen LogP contribution is 2.40. The number of aromatic hydroxyl groups is 3. The lowest BCUT2D eigenvalue weighted by molar-refractivity contribution is -0.358. The van der Waals surface area contributed by atoms with Crippen molar-refractivity contribution in [3.8, 4) is 40.1 Å². The lowest BCUT2D eigenvalue weighted by atomic mass is 9.97. The van der Waals surface area contributed by atoms with Crippen LogP contribution in [0.5, 0.6) is 28.7 Å². The molecule has 45 heavy (non-hydrogen) atoms. The zero-order valence-electron chi connectivity index (χ0n) is 23.4. The average Bonchev–Trinajstić information content (AvgIpc) is 3.01. The summed E-state index contributed by atoms with van der Waals surface area (Å²) in [6.45, 7) is -1.66. The van der Waals surface area contributed by atoms with Gasteiger partial charge in [-0.2, -0.15) is 0 Å². The standard InChI is InChI=1S/C28H32O17/c1-40-13-3-2-9(4-11(13)32)24-25(20(36)17-12(33)5-10(31)6-14(17)41-24)44-28-26(22(38)19(35)16(8-30)43-28)45-27-23(39)21(37)18(34)15(7-29)42-27/h2-6,15-16,18-19,21-23,26-35,37-39H,7-8H2,1H3/t15?,16?,18-,19+,21?,22?,23-,26?,27+,28+/m1/s1. The summed E-state index contributed by atoms with van der Waals surface area (Å²) in [6, 6.07) is 5.76. The zero-order chi connectivity index (χ0) is 32.7. The highest BCUT2D eigenvalue weighted by Gasteiger charge is 2.51. The molecule has 0 saturated carbocycles. The van der Waals surface area contributed by atoms with E-state index in [0.717, 1.165) is 18.2 Å². The van der Waals surface area contributed by atoms with Gasteiger partial charge < -0.3 is 79.2 Å². The fourth-order valence-electron chi connectivity index (χ4n) is 5.14. The van der Waals surface area contributed by atoms with Crippen LogP contribution in [-0.4, -0.2) is 133 Å². The molecule has 0 amide bonds. The molecule has 0 aliphatic carbocycles. The molecule has 17 heteroatoms. The average molecular weight is 641 g/mol. The van der Waals surface area contributed by atoms with E-state index in [1.54, 1.807) is 0 Å².